The quantitative estimate of drug-likeness (QED) is 0.753. The van der Waals surface area contributed by atoms with Crippen LogP contribution in [0.4, 0.5) is 0 Å². The van der Waals surface area contributed by atoms with E-state index >= 15 is 0 Å². The molecule has 0 radical (unpaired) electrons. The van der Waals surface area contributed by atoms with Gasteiger partial charge in [0.1, 0.15) is 0 Å². The molecule has 2 heterocycles. The third-order valence-corrected chi connectivity index (χ3v) is 3.70. The van der Waals surface area contributed by atoms with Crippen LogP contribution in [0.5, 0.6) is 0 Å². The maximum atomic E-state index is 12.0. The summed E-state index contributed by atoms with van der Waals surface area (Å²) < 4.78 is 0. The predicted molar refractivity (Wildman–Crippen MR) is 62.1 cm³/mol. The van der Waals surface area contributed by atoms with Crippen LogP contribution >= 0.6 is 0 Å². The van der Waals surface area contributed by atoms with E-state index in [0.29, 0.717) is 12.5 Å². The van der Waals surface area contributed by atoms with Crippen LogP contribution in [-0.4, -0.2) is 60.1 Å². The molecular formula is C12H22N2O2. The van der Waals surface area contributed by atoms with Gasteiger partial charge in [0.15, 0.2) is 0 Å². The first-order valence-electron chi connectivity index (χ1n) is 6.40. The first-order chi connectivity index (χ1) is 7.79. The zero-order valence-electron chi connectivity index (χ0n) is 9.90. The summed E-state index contributed by atoms with van der Waals surface area (Å²) >= 11 is 0. The van der Waals surface area contributed by atoms with Crippen molar-refractivity contribution in [2.75, 3.05) is 39.3 Å². The fourth-order valence-corrected chi connectivity index (χ4v) is 2.64. The third-order valence-electron chi connectivity index (χ3n) is 3.70. The van der Waals surface area contributed by atoms with E-state index < -0.39 is 0 Å². The monoisotopic (exact) mass is 226 g/mol. The first-order valence-corrected chi connectivity index (χ1v) is 6.40. The minimum Gasteiger partial charge on any atom is -0.396 e. The molecule has 4 nitrogen and oxygen atoms in total. The van der Waals surface area contributed by atoms with Crippen LogP contribution < -0.4 is 0 Å². The molecule has 1 unspecified atom stereocenters. The first kappa shape index (κ1) is 11.9. The highest BCUT2D eigenvalue weighted by molar-refractivity contribution is 5.78. The minimum absolute atomic E-state index is 0.258. The van der Waals surface area contributed by atoms with Crippen molar-refractivity contribution < 1.29 is 9.90 Å². The molecular weight excluding hydrogens is 204 g/mol. The maximum Gasteiger partial charge on any atom is 0.236 e. The van der Waals surface area contributed by atoms with E-state index in [-0.39, 0.29) is 12.5 Å². The second-order valence-corrected chi connectivity index (χ2v) is 5.01. The molecule has 16 heavy (non-hydrogen) atoms. The van der Waals surface area contributed by atoms with Crippen molar-refractivity contribution in [1.82, 2.24) is 9.80 Å². The Labute approximate surface area is 97.2 Å². The van der Waals surface area contributed by atoms with Gasteiger partial charge in [0.05, 0.1) is 6.54 Å². The van der Waals surface area contributed by atoms with Gasteiger partial charge < -0.3 is 10.0 Å². The predicted octanol–water partition coefficient (Wildman–Crippen LogP) is 0.313. The highest BCUT2D eigenvalue weighted by Gasteiger charge is 2.25. The van der Waals surface area contributed by atoms with Crippen LogP contribution in [0.15, 0.2) is 0 Å². The SMILES string of the molecule is O=C(CN1CCC(CO)C1)N1CCCCC1. The molecule has 0 saturated carbocycles. The summed E-state index contributed by atoms with van der Waals surface area (Å²) in [6.07, 6.45) is 4.61. The number of rotatable bonds is 3. The van der Waals surface area contributed by atoms with Crippen molar-refractivity contribution in [2.45, 2.75) is 25.7 Å². The zero-order valence-corrected chi connectivity index (χ0v) is 9.90. The minimum atomic E-state index is 0.258. The molecule has 0 bridgehead atoms. The van der Waals surface area contributed by atoms with Crippen LogP contribution in [0, 0.1) is 5.92 Å². The number of hydrogen-bond donors (Lipinski definition) is 1. The van der Waals surface area contributed by atoms with Crippen molar-refractivity contribution >= 4 is 5.91 Å². The van der Waals surface area contributed by atoms with Gasteiger partial charge in [0, 0.05) is 26.2 Å². The van der Waals surface area contributed by atoms with E-state index in [1.165, 1.54) is 6.42 Å². The molecule has 4 heteroatoms. The summed E-state index contributed by atoms with van der Waals surface area (Å²) in [6, 6.07) is 0. The molecule has 0 spiro atoms. The fourth-order valence-electron chi connectivity index (χ4n) is 2.64. The van der Waals surface area contributed by atoms with Crippen LogP contribution in [0.1, 0.15) is 25.7 Å². The Morgan fingerprint density at radius 1 is 1.19 bits per heavy atom. The Morgan fingerprint density at radius 3 is 2.56 bits per heavy atom. The second-order valence-electron chi connectivity index (χ2n) is 5.01. The van der Waals surface area contributed by atoms with Gasteiger partial charge in [-0.3, -0.25) is 9.69 Å². The highest BCUT2D eigenvalue weighted by Crippen LogP contribution is 2.16. The van der Waals surface area contributed by atoms with Gasteiger partial charge >= 0.3 is 0 Å². The van der Waals surface area contributed by atoms with Crippen molar-refractivity contribution in [3.63, 3.8) is 0 Å². The maximum absolute atomic E-state index is 12.0. The summed E-state index contributed by atoms with van der Waals surface area (Å²) in [5.74, 6) is 0.660. The molecule has 0 aliphatic carbocycles. The van der Waals surface area contributed by atoms with Gasteiger partial charge in [-0.2, -0.15) is 0 Å². The topological polar surface area (TPSA) is 43.8 Å². The van der Waals surface area contributed by atoms with Crippen LogP contribution in [-0.2, 0) is 4.79 Å². The average molecular weight is 226 g/mol. The molecule has 2 aliphatic rings. The molecule has 1 amide bonds. The van der Waals surface area contributed by atoms with Gasteiger partial charge in [0.25, 0.3) is 0 Å². The van der Waals surface area contributed by atoms with Gasteiger partial charge in [-0.15, -0.1) is 0 Å². The summed E-state index contributed by atoms with van der Waals surface area (Å²) in [5, 5.41) is 9.04. The lowest BCUT2D eigenvalue weighted by molar-refractivity contribution is -0.133. The average Bonchev–Trinajstić information content (AvgIpc) is 2.78. The Morgan fingerprint density at radius 2 is 1.94 bits per heavy atom. The number of carbonyl (C=O) groups excluding carboxylic acids is 1. The van der Waals surface area contributed by atoms with Crippen LogP contribution in [0.2, 0.25) is 0 Å². The number of hydrogen-bond acceptors (Lipinski definition) is 3. The van der Waals surface area contributed by atoms with Gasteiger partial charge in [-0.1, -0.05) is 0 Å². The third kappa shape index (κ3) is 2.95. The van der Waals surface area contributed by atoms with Crippen molar-refractivity contribution in [3.05, 3.63) is 0 Å². The van der Waals surface area contributed by atoms with Gasteiger partial charge in [0.2, 0.25) is 5.91 Å². The molecule has 2 saturated heterocycles. The number of piperidine rings is 1. The lowest BCUT2D eigenvalue weighted by Gasteiger charge is -2.28. The number of nitrogens with zero attached hydrogens (tertiary/aromatic N) is 2. The van der Waals surface area contributed by atoms with E-state index in [9.17, 15) is 4.79 Å². The van der Waals surface area contributed by atoms with E-state index in [0.717, 1.165) is 45.4 Å². The van der Waals surface area contributed by atoms with Crippen molar-refractivity contribution in [3.8, 4) is 0 Å². The van der Waals surface area contributed by atoms with Crippen molar-refractivity contribution in [2.24, 2.45) is 5.92 Å². The van der Waals surface area contributed by atoms with E-state index in [1.54, 1.807) is 0 Å². The Balaban J connectivity index is 1.74. The standard InChI is InChI=1S/C12H22N2O2/c15-10-11-4-7-13(8-11)9-12(16)14-5-2-1-3-6-14/h11,15H,1-10H2. The highest BCUT2D eigenvalue weighted by atomic mass is 16.3. The number of amides is 1. The summed E-state index contributed by atoms with van der Waals surface area (Å²) in [5.41, 5.74) is 0. The zero-order chi connectivity index (χ0) is 11.4. The summed E-state index contributed by atoms with van der Waals surface area (Å²) in [4.78, 5) is 16.1. The van der Waals surface area contributed by atoms with E-state index in [1.807, 2.05) is 4.90 Å². The second kappa shape index (κ2) is 5.64. The number of aliphatic hydroxyl groups excluding tert-OH is 1. The van der Waals surface area contributed by atoms with Crippen LogP contribution in [0.25, 0.3) is 0 Å². The van der Waals surface area contributed by atoms with Crippen LogP contribution in [0.3, 0.4) is 0 Å². The molecule has 2 aliphatic heterocycles. The molecule has 2 rings (SSSR count). The van der Waals surface area contributed by atoms with E-state index in [2.05, 4.69) is 4.90 Å². The van der Waals surface area contributed by atoms with Crippen molar-refractivity contribution in [1.29, 1.82) is 0 Å². The molecule has 0 aromatic carbocycles. The number of aliphatic hydroxyl groups is 1. The number of carbonyl (C=O) groups is 1. The molecule has 0 aromatic rings. The molecule has 2 fully saturated rings. The molecule has 0 aromatic heterocycles. The smallest absolute Gasteiger partial charge is 0.236 e. The Bertz CT molecular complexity index is 239. The normalized spacial score (nSPS) is 27.3. The molecule has 1 atom stereocenters. The number of likely N-dealkylation sites (tertiary alicyclic amines) is 2. The molecule has 1 N–H and O–H groups in total. The summed E-state index contributed by atoms with van der Waals surface area (Å²) in [7, 11) is 0. The Hall–Kier alpha value is -0.610. The molecule has 92 valence electrons. The van der Waals surface area contributed by atoms with E-state index in [4.69, 9.17) is 5.11 Å². The Kier molecular flexibility index (Phi) is 4.18. The lowest BCUT2D eigenvalue weighted by Crippen LogP contribution is -2.42. The van der Waals surface area contributed by atoms with Gasteiger partial charge in [-0.05, 0) is 38.1 Å². The van der Waals surface area contributed by atoms with Gasteiger partial charge in [-0.25, -0.2) is 0 Å². The summed E-state index contributed by atoms with van der Waals surface area (Å²) in [6.45, 7) is 4.54. The lowest BCUT2D eigenvalue weighted by atomic mass is 10.1. The largest absolute Gasteiger partial charge is 0.396 e. The fraction of sp³-hybridized carbons (Fsp3) is 0.917.